The summed E-state index contributed by atoms with van der Waals surface area (Å²) in [6, 6.07) is 0. The first kappa shape index (κ1) is 13.3. The van der Waals surface area contributed by atoms with E-state index < -0.39 is 0 Å². The zero-order valence-electron chi connectivity index (χ0n) is 11.4. The summed E-state index contributed by atoms with van der Waals surface area (Å²) in [4.78, 5) is 12.7. The van der Waals surface area contributed by atoms with Crippen molar-refractivity contribution in [3.05, 3.63) is 18.0 Å². The molecule has 0 aromatic carbocycles. The second kappa shape index (κ2) is 5.65. The summed E-state index contributed by atoms with van der Waals surface area (Å²) in [5, 5.41) is 7.60. The molecule has 4 nitrogen and oxygen atoms in total. The number of aromatic nitrogens is 2. The maximum Gasteiger partial charge on any atom is 0.173 e. The second-order valence-electron chi connectivity index (χ2n) is 5.28. The Labute approximate surface area is 109 Å². The highest BCUT2D eigenvalue weighted by atomic mass is 16.1. The van der Waals surface area contributed by atoms with Gasteiger partial charge in [0, 0.05) is 24.7 Å². The Morgan fingerprint density at radius 1 is 1.50 bits per heavy atom. The molecule has 4 heteroatoms. The van der Waals surface area contributed by atoms with Crippen molar-refractivity contribution < 1.29 is 4.79 Å². The molecule has 100 valence electrons. The summed E-state index contributed by atoms with van der Waals surface area (Å²) in [6.45, 7) is 6.91. The van der Waals surface area contributed by atoms with Gasteiger partial charge in [0.1, 0.15) is 0 Å². The van der Waals surface area contributed by atoms with E-state index in [0.717, 1.165) is 50.9 Å². The third-order valence-corrected chi connectivity index (χ3v) is 3.80. The molecule has 1 aliphatic heterocycles. The van der Waals surface area contributed by atoms with E-state index in [-0.39, 0.29) is 11.2 Å². The maximum atomic E-state index is 12.7. The fraction of sp³-hybridized carbons (Fsp3) is 0.714. The van der Waals surface area contributed by atoms with Crippen LogP contribution in [-0.4, -0.2) is 28.7 Å². The minimum absolute atomic E-state index is 0.186. The van der Waals surface area contributed by atoms with Crippen molar-refractivity contribution >= 4 is 5.78 Å². The lowest BCUT2D eigenvalue weighted by Crippen LogP contribution is -2.33. The number of nitrogens with zero attached hydrogens (tertiary/aromatic N) is 2. The van der Waals surface area contributed by atoms with E-state index in [1.807, 2.05) is 10.9 Å². The first-order valence-corrected chi connectivity index (χ1v) is 7.00. The van der Waals surface area contributed by atoms with Gasteiger partial charge < -0.3 is 5.32 Å². The predicted molar refractivity (Wildman–Crippen MR) is 71.7 cm³/mol. The SMILES string of the molecule is CCCn1cc(C(=O)C2(CCC)CCNC2)cn1. The van der Waals surface area contributed by atoms with Crippen LogP contribution >= 0.6 is 0 Å². The Kier molecular flexibility index (Phi) is 4.17. The average molecular weight is 249 g/mol. The predicted octanol–water partition coefficient (Wildman–Crippen LogP) is 2.26. The summed E-state index contributed by atoms with van der Waals surface area (Å²) in [5.41, 5.74) is 0.593. The van der Waals surface area contributed by atoms with Gasteiger partial charge in [-0.3, -0.25) is 9.48 Å². The van der Waals surface area contributed by atoms with Crippen LogP contribution in [0.2, 0.25) is 0 Å². The quantitative estimate of drug-likeness (QED) is 0.787. The fourth-order valence-electron chi connectivity index (χ4n) is 2.88. The second-order valence-corrected chi connectivity index (χ2v) is 5.28. The minimum atomic E-state index is -0.186. The number of hydrogen-bond acceptors (Lipinski definition) is 3. The number of aryl methyl sites for hydroxylation is 1. The Morgan fingerprint density at radius 2 is 2.33 bits per heavy atom. The van der Waals surface area contributed by atoms with Crippen LogP contribution in [0.15, 0.2) is 12.4 Å². The molecule has 0 amide bonds. The Bertz CT molecular complexity index is 405. The molecular formula is C14H23N3O. The molecule has 1 N–H and O–H groups in total. The van der Waals surface area contributed by atoms with Gasteiger partial charge in [-0.25, -0.2) is 0 Å². The number of nitrogens with one attached hydrogen (secondary N) is 1. The largest absolute Gasteiger partial charge is 0.316 e. The molecule has 2 rings (SSSR count). The van der Waals surface area contributed by atoms with Gasteiger partial charge in [-0.2, -0.15) is 5.10 Å². The van der Waals surface area contributed by atoms with Gasteiger partial charge >= 0.3 is 0 Å². The van der Waals surface area contributed by atoms with Crippen LogP contribution in [0.4, 0.5) is 0 Å². The molecule has 1 fully saturated rings. The van der Waals surface area contributed by atoms with Gasteiger partial charge in [-0.15, -0.1) is 0 Å². The average Bonchev–Trinajstić information content (AvgIpc) is 2.99. The molecule has 1 aromatic heterocycles. The van der Waals surface area contributed by atoms with Crippen LogP contribution in [0.25, 0.3) is 0 Å². The number of ketones is 1. The lowest BCUT2D eigenvalue weighted by Gasteiger charge is -2.25. The van der Waals surface area contributed by atoms with E-state index in [9.17, 15) is 4.79 Å². The first-order chi connectivity index (χ1) is 8.72. The van der Waals surface area contributed by atoms with E-state index in [0.29, 0.717) is 0 Å². The molecule has 1 aliphatic rings. The lowest BCUT2D eigenvalue weighted by atomic mass is 9.76. The molecule has 0 radical (unpaired) electrons. The number of rotatable bonds is 6. The molecule has 1 aromatic rings. The lowest BCUT2D eigenvalue weighted by molar-refractivity contribution is 0.0801. The Hall–Kier alpha value is -1.16. The van der Waals surface area contributed by atoms with Gasteiger partial charge in [0.2, 0.25) is 0 Å². The highest BCUT2D eigenvalue weighted by Crippen LogP contribution is 2.34. The van der Waals surface area contributed by atoms with Gasteiger partial charge in [0.15, 0.2) is 5.78 Å². The summed E-state index contributed by atoms with van der Waals surface area (Å²) in [6.07, 6.45) is 7.65. The third kappa shape index (κ3) is 2.48. The first-order valence-electron chi connectivity index (χ1n) is 7.00. The minimum Gasteiger partial charge on any atom is -0.316 e. The van der Waals surface area contributed by atoms with Crippen LogP contribution in [0, 0.1) is 5.41 Å². The van der Waals surface area contributed by atoms with E-state index >= 15 is 0 Å². The van der Waals surface area contributed by atoms with Crippen molar-refractivity contribution in [1.29, 1.82) is 0 Å². The summed E-state index contributed by atoms with van der Waals surface area (Å²) >= 11 is 0. The topological polar surface area (TPSA) is 46.9 Å². The summed E-state index contributed by atoms with van der Waals surface area (Å²) in [7, 11) is 0. The third-order valence-electron chi connectivity index (χ3n) is 3.80. The van der Waals surface area contributed by atoms with Crippen LogP contribution in [0.5, 0.6) is 0 Å². The monoisotopic (exact) mass is 249 g/mol. The van der Waals surface area contributed by atoms with Crippen LogP contribution in [0.1, 0.15) is 49.9 Å². The molecule has 18 heavy (non-hydrogen) atoms. The summed E-state index contributed by atoms with van der Waals surface area (Å²) in [5.74, 6) is 0.275. The van der Waals surface area contributed by atoms with Gasteiger partial charge in [0.25, 0.3) is 0 Å². The van der Waals surface area contributed by atoms with Crippen LogP contribution in [-0.2, 0) is 6.54 Å². The molecule has 2 heterocycles. The van der Waals surface area contributed by atoms with Crippen LogP contribution in [0.3, 0.4) is 0 Å². The standard InChI is InChI=1S/C14H23N3O/c1-3-5-14(6-7-15-11-14)13(18)12-9-16-17(10-12)8-4-2/h9-10,15H,3-8,11H2,1-2H3. The number of Topliss-reactive ketones (excluding diaryl/α,β-unsaturated/α-hetero) is 1. The molecule has 0 saturated carbocycles. The van der Waals surface area contributed by atoms with Gasteiger partial charge in [-0.05, 0) is 25.8 Å². The van der Waals surface area contributed by atoms with Crippen molar-refractivity contribution in [2.75, 3.05) is 13.1 Å². The molecule has 0 spiro atoms. The maximum absolute atomic E-state index is 12.7. The Morgan fingerprint density at radius 3 is 2.94 bits per heavy atom. The number of carbonyl (C=O) groups excluding carboxylic acids is 1. The molecule has 0 bridgehead atoms. The van der Waals surface area contributed by atoms with Crippen molar-refractivity contribution in [1.82, 2.24) is 15.1 Å². The molecule has 0 aliphatic carbocycles. The molecule has 1 atom stereocenters. The van der Waals surface area contributed by atoms with E-state index in [1.54, 1.807) is 6.20 Å². The zero-order chi connectivity index (χ0) is 13.0. The van der Waals surface area contributed by atoms with Crippen LogP contribution < -0.4 is 5.32 Å². The van der Waals surface area contributed by atoms with Crippen molar-refractivity contribution in [2.24, 2.45) is 5.41 Å². The normalized spacial score (nSPS) is 23.4. The smallest absolute Gasteiger partial charge is 0.173 e. The molecule has 1 unspecified atom stereocenters. The Balaban J connectivity index is 2.17. The fourth-order valence-corrected chi connectivity index (χ4v) is 2.88. The van der Waals surface area contributed by atoms with Crippen molar-refractivity contribution in [2.45, 2.75) is 46.1 Å². The number of hydrogen-bond donors (Lipinski definition) is 1. The van der Waals surface area contributed by atoms with E-state index in [2.05, 4.69) is 24.3 Å². The van der Waals surface area contributed by atoms with Gasteiger partial charge in [0.05, 0.1) is 11.8 Å². The number of carbonyl (C=O) groups is 1. The van der Waals surface area contributed by atoms with Crippen molar-refractivity contribution in [3.63, 3.8) is 0 Å². The van der Waals surface area contributed by atoms with Gasteiger partial charge in [-0.1, -0.05) is 20.3 Å². The van der Waals surface area contributed by atoms with E-state index in [4.69, 9.17) is 0 Å². The van der Waals surface area contributed by atoms with Crippen molar-refractivity contribution in [3.8, 4) is 0 Å². The van der Waals surface area contributed by atoms with E-state index in [1.165, 1.54) is 0 Å². The summed E-state index contributed by atoms with van der Waals surface area (Å²) < 4.78 is 1.87. The molecule has 1 saturated heterocycles. The molecular weight excluding hydrogens is 226 g/mol. The highest BCUT2D eigenvalue weighted by Gasteiger charge is 2.40. The zero-order valence-corrected chi connectivity index (χ0v) is 11.4. The highest BCUT2D eigenvalue weighted by molar-refractivity contribution is 6.00.